The summed E-state index contributed by atoms with van der Waals surface area (Å²) in [5, 5.41) is 2.77. The van der Waals surface area contributed by atoms with Crippen LogP contribution in [0.2, 0.25) is 0 Å². The van der Waals surface area contributed by atoms with Gasteiger partial charge in [-0.15, -0.1) is 0 Å². The molecule has 2 heterocycles. The van der Waals surface area contributed by atoms with Gasteiger partial charge in [-0.25, -0.2) is 4.79 Å². The summed E-state index contributed by atoms with van der Waals surface area (Å²) in [7, 11) is 0. The Morgan fingerprint density at radius 2 is 2.04 bits per heavy atom. The van der Waals surface area contributed by atoms with E-state index in [2.05, 4.69) is 10.3 Å². The molecular weight excluding hydrogens is 322 g/mol. The standard InChI is InChI=1S/C18H15N3O4/c22-16-5-2-8-21(16)13-4-1-3-11(9-13)17(23)19-12-6-7-14-15(10-12)25-18(24)20-14/h1,3-4,6-7,9-10H,2,5,8H2,(H,19,23)(H,20,24). The molecule has 1 aliphatic rings. The van der Waals surface area contributed by atoms with Gasteiger partial charge in [0.25, 0.3) is 5.91 Å². The van der Waals surface area contributed by atoms with E-state index >= 15 is 0 Å². The minimum Gasteiger partial charge on any atom is -0.408 e. The third-order valence-electron chi connectivity index (χ3n) is 4.17. The van der Waals surface area contributed by atoms with Gasteiger partial charge in [0.05, 0.1) is 5.52 Å². The van der Waals surface area contributed by atoms with Crippen LogP contribution in [0.15, 0.2) is 51.7 Å². The molecular formula is C18H15N3O4. The number of benzene rings is 2. The number of hydrogen-bond acceptors (Lipinski definition) is 4. The maximum atomic E-state index is 12.5. The lowest BCUT2D eigenvalue weighted by atomic mass is 10.1. The number of nitrogens with zero attached hydrogens (tertiary/aromatic N) is 1. The van der Waals surface area contributed by atoms with E-state index in [0.29, 0.717) is 35.3 Å². The number of H-pyrrole nitrogens is 1. The number of anilines is 2. The van der Waals surface area contributed by atoms with Gasteiger partial charge in [-0.3, -0.25) is 14.6 Å². The fraction of sp³-hybridized carbons (Fsp3) is 0.167. The predicted octanol–water partition coefficient (Wildman–Crippen LogP) is 2.50. The van der Waals surface area contributed by atoms with Crippen LogP contribution in [-0.2, 0) is 4.79 Å². The van der Waals surface area contributed by atoms with Crippen molar-refractivity contribution in [3.05, 3.63) is 58.6 Å². The first-order valence-electron chi connectivity index (χ1n) is 7.95. The summed E-state index contributed by atoms with van der Waals surface area (Å²) in [5.74, 6) is -0.766. The number of rotatable bonds is 3. The van der Waals surface area contributed by atoms with Crippen molar-refractivity contribution in [2.24, 2.45) is 0 Å². The van der Waals surface area contributed by atoms with Crippen molar-refractivity contribution < 1.29 is 14.0 Å². The first-order chi connectivity index (χ1) is 12.1. The Labute approximate surface area is 142 Å². The molecule has 0 saturated carbocycles. The van der Waals surface area contributed by atoms with Crippen LogP contribution in [0.25, 0.3) is 11.1 Å². The Morgan fingerprint density at radius 1 is 1.16 bits per heavy atom. The first kappa shape index (κ1) is 15.2. The summed E-state index contributed by atoms with van der Waals surface area (Å²) in [6.07, 6.45) is 1.37. The normalized spacial score (nSPS) is 14.2. The molecule has 25 heavy (non-hydrogen) atoms. The second-order valence-corrected chi connectivity index (χ2v) is 5.88. The van der Waals surface area contributed by atoms with E-state index in [9.17, 15) is 14.4 Å². The van der Waals surface area contributed by atoms with Crippen molar-refractivity contribution in [1.29, 1.82) is 0 Å². The molecule has 7 heteroatoms. The van der Waals surface area contributed by atoms with Gasteiger partial charge < -0.3 is 14.6 Å². The van der Waals surface area contributed by atoms with Crippen LogP contribution in [0.5, 0.6) is 0 Å². The molecule has 2 N–H and O–H groups in total. The van der Waals surface area contributed by atoms with Crippen molar-refractivity contribution >= 4 is 34.3 Å². The Balaban J connectivity index is 1.57. The van der Waals surface area contributed by atoms with E-state index in [4.69, 9.17) is 4.42 Å². The van der Waals surface area contributed by atoms with Crippen LogP contribution in [0.3, 0.4) is 0 Å². The van der Waals surface area contributed by atoms with Gasteiger partial charge >= 0.3 is 5.76 Å². The molecule has 0 unspecified atom stereocenters. The number of carbonyl (C=O) groups is 2. The highest BCUT2D eigenvalue weighted by Crippen LogP contribution is 2.23. The van der Waals surface area contributed by atoms with E-state index < -0.39 is 5.76 Å². The molecule has 3 aromatic rings. The predicted molar refractivity (Wildman–Crippen MR) is 92.8 cm³/mol. The molecule has 7 nitrogen and oxygen atoms in total. The summed E-state index contributed by atoms with van der Waals surface area (Å²) in [6.45, 7) is 0.674. The lowest BCUT2D eigenvalue weighted by molar-refractivity contribution is -0.117. The number of aromatic nitrogens is 1. The quantitative estimate of drug-likeness (QED) is 0.767. The second kappa shape index (κ2) is 5.94. The molecule has 4 rings (SSSR count). The van der Waals surface area contributed by atoms with Gasteiger partial charge in [-0.2, -0.15) is 0 Å². The highest BCUT2D eigenvalue weighted by Gasteiger charge is 2.22. The maximum absolute atomic E-state index is 12.5. The smallest absolute Gasteiger partial charge is 0.408 e. The van der Waals surface area contributed by atoms with Gasteiger partial charge in [0.1, 0.15) is 0 Å². The van der Waals surface area contributed by atoms with Crippen LogP contribution < -0.4 is 16.0 Å². The van der Waals surface area contributed by atoms with Crippen molar-refractivity contribution in [3.8, 4) is 0 Å². The third-order valence-corrected chi connectivity index (χ3v) is 4.17. The number of oxazole rings is 1. The summed E-state index contributed by atoms with van der Waals surface area (Å²) in [4.78, 5) is 39.8. The first-order valence-corrected chi connectivity index (χ1v) is 7.95. The highest BCUT2D eigenvalue weighted by atomic mass is 16.4. The molecule has 2 amide bonds. The van der Waals surface area contributed by atoms with E-state index in [0.717, 1.165) is 12.1 Å². The zero-order valence-corrected chi connectivity index (χ0v) is 13.2. The summed E-state index contributed by atoms with van der Waals surface area (Å²) in [5.41, 5.74) is 2.63. The minimum absolute atomic E-state index is 0.0745. The van der Waals surface area contributed by atoms with Crippen LogP contribution in [0.4, 0.5) is 11.4 Å². The zero-order valence-electron chi connectivity index (χ0n) is 13.2. The van der Waals surface area contributed by atoms with Crippen molar-refractivity contribution in [3.63, 3.8) is 0 Å². The molecule has 0 bridgehead atoms. The molecule has 1 aliphatic heterocycles. The van der Waals surface area contributed by atoms with Crippen molar-refractivity contribution in [2.45, 2.75) is 12.8 Å². The van der Waals surface area contributed by atoms with E-state index in [1.165, 1.54) is 0 Å². The number of amides is 2. The number of fused-ring (bicyclic) bond motifs is 1. The van der Waals surface area contributed by atoms with Gasteiger partial charge in [0, 0.05) is 36.0 Å². The molecule has 0 spiro atoms. The number of hydrogen-bond donors (Lipinski definition) is 2. The molecule has 0 aliphatic carbocycles. The van der Waals surface area contributed by atoms with Gasteiger partial charge in [-0.05, 0) is 36.8 Å². The average molecular weight is 337 g/mol. The fourth-order valence-corrected chi connectivity index (χ4v) is 2.96. The topological polar surface area (TPSA) is 95.4 Å². The zero-order chi connectivity index (χ0) is 17.4. The van der Waals surface area contributed by atoms with Crippen molar-refractivity contribution in [1.82, 2.24) is 4.98 Å². The summed E-state index contributed by atoms with van der Waals surface area (Å²) in [6, 6.07) is 11.9. The van der Waals surface area contributed by atoms with E-state index in [1.54, 1.807) is 41.3 Å². The van der Waals surface area contributed by atoms with Crippen LogP contribution in [0.1, 0.15) is 23.2 Å². The molecule has 2 aromatic carbocycles. The molecule has 1 aromatic heterocycles. The molecule has 1 fully saturated rings. The summed E-state index contributed by atoms with van der Waals surface area (Å²) >= 11 is 0. The highest BCUT2D eigenvalue weighted by molar-refractivity contribution is 6.06. The monoisotopic (exact) mass is 337 g/mol. The van der Waals surface area contributed by atoms with E-state index in [-0.39, 0.29) is 11.8 Å². The van der Waals surface area contributed by atoms with Crippen LogP contribution in [-0.4, -0.2) is 23.3 Å². The lowest BCUT2D eigenvalue weighted by Gasteiger charge is -2.16. The molecule has 126 valence electrons. The number of aromatic amines is 1. The summed E-state index contributed by atoms with van der Waals surface area (Å²) < 4.78 is 4.99. The van der Waals surface area contributed by atoms with Gasteiger partial charge in [-0.1, -0.05) is 6.07 Å². The largest absolute Gasteiger partial charge is 0.417 e. The lowest BCUT2D eigenvalue weighted by Crippen LogP contribution is -2.24. The Hall–Kier alpha value is -3.35. The van der Waals surface area contributed by atoms with Crippen LogP contribution >= 0.6 is 0 Å². The number of nitrogens with one attached hydrogen (secondary N) is 2. The van der Waals surface area contributed by atoms with Crippen molar-refractivity contribution in [2.75, 3.05) is 16.8 Å². The molecule has 0 radical (unpaired) electrons. The fourth-order valence-electron chi connectivity index (χ4n) is 2.96. The SMILES string of the molecule is O=C(Nc1ccc2[nH]c(=O)oc2c1)c1cccc(N2CCCC2=O)c1. The maximum Gasteiger partial charge on any atom is 0.417 e. The van der Waals surface area contributed by atoms with Gasteiger partial charge in [0.2, 0.25) is 5.91 Å². The minimum atomic E-state index is -0.540. The third kappa shape index (κ3) is 2.91. The van der Waals surface area contributed by atoms with Crippen LogP contribution in [0, 0.1) is 0 Å². The average Bonchev–Trinajstić information content (AvgIpc) is 3.19. The second-order valence-electron chi connectivity index (χ2n) is 5.88. The Bertz CT molecular complexity index is 1030. The van der Waals surface area contributed by atoms with E-state index in [1.807, 2.05) is 6.07 Å². The van der Waals surface area contributed by atoms with Gasteiger partial charge in [0.15, 0.2) is 5.58 Å². The molecule has 0 atom stereocenters. The number of carbonyl (C=O) groups excluding carboxylic acids is 2. The Morgan fingerprint density at radius 3 is 2.84 bits per heavy atom. The molecule has 1 saturated heterocycles. The Kier molecular flexibility index (Phi) is 3.61.